The second-order valence-electron chi connectivity index (χ2n) is 4.36. The summed E-state index contributed by atoms with van der Waals surface area (Å²) in [5.41, 5.74) is -0.607. The van der Waals surface area contributed by atoms with E-state index in [9.17, 15) is 13.2 Å². The molecule has 0 saturated heterocycles. The van der Waals surface area contributed by atoms with Crippen molar-refractivity contribution in [1.82, 2.24) is 0 Å². The molecule has 0 radical (unpaired) electrons. The van der Waals surface area contributed by atoms with E-state index in [1.54, 1.807) is 32.2 Å². The molecular weight excluding hydrogens is 232 g/mol. The molecule has 0 aliphatic rings. The first-order valence-electron chi connectivity index (χ1n) is 4.53. The van der Waals surface area contributed by atoms with Crippen molar-refractivity contribution in [3.8, 4) is 0 Å². The standard InChI is InChI=1S/C10H14O3S2/c1-10(2,3)8(11)7-15(12,13)9-5-4-6-14-9/h4-6H,7H2,1-3H3. The lowest BCUT2D eigenvalue weighted by Gasteiger charge is -2.15. The molecule has 1 rings (SSSR count). The number of ketones is 1. The summed E-state index contributed by atoms with van der Waals surface area (Å²) in [6.07, 6.45) is 0. The van der Waals surface area contributed by atoms with Crippen LogP contribution in [0, 0.1) is 5.41 Å². The van der Waals surface area contributed by atoms with Crippen molar-refractivity contribution in [3.05, 3.63) is 17.5 Å². The zero-order valence-electron chi connectivity index (χ0n) is 8.98. The van der Waals surface area contributed by atoms with Crippen LogP contribution in [-0.2, 0) is 14.6 Å². The Balaban J connectivity index is 2.89. The van der Waals surface area contributed by atoms with Crippen molar-refractivity contribution < 1.29 is 13.2 Å². The molecule has 0 amide bonds. The van der Waals surface area contributed by atoms with Crippen molar-refractivity contribution in [3.63, 3.8) is 0 Å². The third kappa shape index (κ3) is 3.14. The van der Waals surface area contributed by atoms with E-state index in [0.29, 0.717) is 0 Å². The van der Waals surface area contributed by atoms with Crippen LogP contribution < -0.4 is 0 Å². The predicted octanol–water partition coefficient (Wildman–Crippen LogP) is 2.14. The maximum absolute atomic E-state index is 11.7. The summed E-state index contributed by atoms with van der Waals surface area (Å²) in [6, 6.07) is 3.19. The number of sulfone groups is 1. The first-order chi connectivity index (χ1) is 6.73. The summed E-state index contributed by atoms with van der Waals surface area (Å²) in [4.78, 5) is 11.6. The third-order valence-electron chi connectivity index (χ3n) is 1.96. The fourth-order valence-electron chi connectivity index (χ4n) is 0.901. The van der Waals surface area contributed by atoms with Gasteiger partial charge in [-0.3, -0.25) is 4.79 Å². The molecule has 0 aromatic carbocycles. The monoisotopic (exact) mass is 246 g/mol. The average Bonchev–Trinajstić information content (AvgIpc) is 2.52. The van der Waals surface area contributed by atoms with Gasteiger partial charge < -0.3 is 0 Å². The van der Waals surface area contributed by atoms with Crippen LogP contribution in [-0.4, -0.2) is 20.0 Å². The van der Waals surface area contributed by atoms with E-state index in [1.165, 1.54) is 6.07 Å². The van der Waals surface area contributed by atoms with Gasteiger partial charge in [0.25, 0.3) is 0 Å². The first-order valence-corrected chi connectivity index (χ1v) is 7.06. The van der Waals surface area contributed by atoms with Gasteiger partial charge in [0.1, 0.15) is 9.96 Å². The largest absolute Gasteiger partial charge is 0.298 e. The van der Waals surface area contributed by atoms with Gasteiger partial charge in [-0.1, -0.05) is 26.8 Å². The maximum Gasteiger partial charge on any atom is 0.194 e. The molecule has 0 unspecified atom stereocenters. The molecule has 0 saturated carbocycles. The molecule has 0 fully saturated rings. The fourth-order valence-corrected chi connectivity index (χ4v) is 3.49. The Morgan fingerprint density at radius 1 is 1.40 bits per heavy atom. The number of hydrogen-bond acceptors (Lipinski definition) is 4. The molecule has 15 heavy (non-hydrogen) atoms. The molecule has 1 heterocycles. The van der Waals surface area contributed by atoms with Crippen molar-refractivity contribution in [2.45, 2.75) is 25.0 Å². The lowest BCUT2D eigenvalue weighted by molar-refractivity contribution is -0.123. The second-order valence-corrected chi connectivity index (χ2v) is 7.53. The van der Waals surface area contributed by atoms with Crippen LogP contribution in [0.2, 0.25) is 0 Å². The summed E-state index contributed by atoms with van der Waals surface area (Å²) in [5, 5.41) is 1.69. The average molecular weight is 246 g/mol. The van der Waals surface area contributed by atoms with Gasteiger partial charge in [-0.25, -0.2) is 8.42 Å². The normalized spacial score (nSPS) is 12.7. The quantitative estimate of drug-likeness (QED) is 0.821. The van der Waals surface area contributed by atoms with Gasteiger partial charge in [-0.05, 0) is 11.4 Å². The highest BCUT2D eigenvalue weighted by Crippen LogP contribution is 2.21. The van der Waals surface area contributed by atoms with Crippen LogP contribution in [0.1, 0.15) is 20.8 Å². The van der Waals surface area contributed by atoms with E-state index >= 15 is 0 Å². The molecule has 0 spiro atoms. The van der Waals surface area contributed by atoms with Gasteiger partial charge in [-0.15, -0.1) is 11.3 Å². The Labute approximate surface area is 94.0 Å². The number of rotatable bonds is 3. The van der Waals surface area contributed by atoms with E-state index in [0.717, 1.165) is 11.3 Å². The summed E-state index contributed by atoms with van der Waals surface area (Å²) in [5.74, 6) is -0.660. The predicted molar refractivity (Wildman–Crippen MR) is 60.8 cm³/mol. The van der Waals surface area contributed by atoms with Crippen molar-refractivity contribution >= 4 is 27.0 Å². The smallest absolute Gasteiger partial charge is 0.194 e. The highest BCUT2D eigenvalue weighted by atomic mass is 32.2. The summed E-state index contributed by atoms with van der Waals surface area (Å²) in [7, 11) is -3.43. The third-order valence-corrected chi connectivity index (χ3v) is 5.06. The van der Waals surface area contributed by atoms with Gasteiger partial charge >= 0.3 is 0 Å². The van der Waals surface area contributed by atoms with Gasteiger partial charge in [0.15, 0.2) is 15.6 Å². The Bertz CT molecular complexity index is 436. The highest BCUT2D eigenvalue weighted by Gasteiger charge is 2.28. The minimum Gasteiger partial charge on any atom is -0.298 e. The molecule has 1 aromatic heterocycles. The van der Waals surface area contributed by atoms with E-state index in [2.05, 4.69) is 0 Å². The van der Waals surface area contributed by atoms with Crippen LogP contribution in [0.3, 0.4) is 0 Å². The summed E-state index contributed by atoms with van der Waals surface area (Å²) >= 11 is 1.14. The first kappa shape index (κ1) is 12.4. The second kappa shape index (κ2) is 4.06. The lowest BCUT2D eigenvalue weighted by atomic mass is 9.92. The van der Waals surface area contributed by atoms with Crippen molar-refractivity contribution in [2.24, 2.45) is 5.41 Å². The van der Waals surface area contributed by atoms with Crippen LogP contribution in [0.25, 0.3) is 0 Å². The van der Waals surface area contributed by atoms with Gasteiger partial charge in [0, 0.05) is 5.41 Å². The Morgan fingerprint density at radius 2 is 2.00 bits per heavy atom. The number of thiophene rings is 1. The minimum absolute atomic E-state index is 0.254. The van der Waals surface area contributed by atoms with Crippen LogP contribution >= 0.6 is 11.3 Å². The Kier molecular flexibility index (Phi) is 3.35. The lowest BCUT2D eigenvalue weighted by Crippen LogP contribution is -2.27. The molecule has 0 aliphatic heterocycles. The summed E-state index contributed by atoms with van der Waals surface area (Å²) < 4.78 is 23.7. The van der Waals surface area contributed by atoms with E-state index in [4.69, 9.17) is 0 Å². The van der Waals surface area contributed by atoms with Crippen LogP contribution in [0.4, 0.5) is 0 Å². The Hall–Kier alpha value is -0.680. The highest BCUT2D eigenvalue weighted by molar-refractivity contribution is 7.94. The van der Waals surface area contributed by atoms with E-state index in [-0.39, 0.29) is 9.99 Å². The van der Waals surface area contributed by atoms with E-state index in [1.807, 2.05) is 0 Å². The number of hydrogen-bond donors (Lipinski definition) is 0. The molecule has 0 aliphatic carbocycles. The SMILES string of the molecule is CC(C)(C)C(=O)CS(=O)(=O)c1cccs1. The van der Waals surface area contributed by atoms with Gasteiger partial charge in [0.2, 0.25) is 0 Å². The number of carbonyl (C=O) groups is 1. The molecule has 3 nitrogen and oxygen atoms in total. The molecule has 0 atom stereocenters. The zero-order chi connectivity index (χ0) is 11.7. The van der Waals surface area contributed by atoms with E-state index < -0.39 is 21.0 Å². The van der Waals surface area contributed by atoms with Crippen LogP contribution in [0.15, 0.2) is 21.7 Å². The minimum atomic E-state index is -3.43. The zero-order valence-corrected chi connectivity index (χ0v) is 10.6. The van der Waals surface area contributed by atoms with Crippen LogP contribution in [0.5, 0.6) is 0 Å². The summed E-state index contributed by atoms with van der Waals surface area (Å²) in [6.45, 7) is 5.16. The van der Waals surface area contributed by atoms with Crippen molar-refractivity contribution in [1.29, 1.82) is 0 Å². The molecule has 84 valence electrons. The van der Waals surface area contributed by atoms with Gasteiger partial charge in [-0.2, -0.15) is 0 Å². The Morgan fingerprint density at radius 3 is 2.40 bits per heavy atom. The maximum atomic E-state index is 11.7. The molecular formula is C10H14O3S2. The van der Waals surface area contributed by atoms with Gasteiger partial charge in [0.05, 0.1) is 0 Å². The molecule has 1 aromatic rings. The molecule has 5 heteroatoms. The number of carbonyl (C=O) groups excluding carboxylic acids is 1. The topological polar surface area (TPSA) is 51.2 Å². The molecule has 0 bridgehead atoms. The van der Waals surface area contributed by atoms with Crippen molar-refractivity contribution in [2.75, 3.05) is 5.75 Å². The number of Topliss-reactive ketones (excluding diaryl/α,β-unsaturated/α-hetero) is 1. The molecule has 0 N–H and O–H groups in total. The fraction of sp³-hybridized carbons (Fsp3) is 0.500.